The number of hydrogen-bond donors (Lipinski definition) is 1. The van der Waals surface area contributed by atoms with Crippen LogP contribution in [0, 0.1) is 5.92 Å². The molecule has 0 saturated heterocycles. The van der Waals surface area contributed by atoms with Crippen LogP contribution in [-0.2, 0) is 0 Å². The van der Waals surface area contributed by atoms with E-state index >= 15 is 0 Å². The molecule has 1 aliphatic carbocycles. The Balaban J connectivity index is 1.87. The zero-order valence-corrected chi connectivity index (χ0v) is 14.1. The minimum absolute atomic E-state index is 0.0154. The molecule has 1 N–H and O–H groups in total. The van der Waals surface area contributed by atoms with Gasteiger partial charge in [0.2, 0.25) is 0 Å². The Labute approximate surface area is 134 Å². The van der Waals surface area contributed by atoms with Crippen LogP contribution in [0.2, 0.25) is 5.02 Å². The fourth-order valence-electron chi connectivity index (χ4n) is 2.91. The minimum Gasteiger partial charge on any atom is -0.349 e. The van der Waals surface area contributed by atoms with Crippen molar-refractivity contribution >= 4 is 33.4 Å². The van der Waals surface area contributed by atoms with Crippen molar-refractivity contribution < 1.29 is 4.79 Å². The molecule has 1 fully saturated rings. The number of nitrogens with one attached hydrogen (secondary N) is 1. The molecule has 1 aliphatic rings. The van der Waals surface area contributed by atoms with E-state index in [0.29, 0.717) is 16.6 Å². The van der Waals surface area contributed by atoms with Crippen molar-refractivity contribution in [2.75, 3.05) is 0 Å². The van der Waals surface area contributed by atoms with Crippen molar-refractivity contribution in [3.63, 3.8) is 0 Å². The number of hydrogen-bond acceptors (Lipinski definition) is 1. The van der Waals surface area contributed by atoms with Gasteiger partial charge < -0.3 is 5.32 Å². The maximum absolute atomic E-state index is 12.2. The summed E-state index contributed by atoms with van der Waals surface area (Å²) in [5.41, 5.74) is 0.633. The summed E-state index contributed by atoms with van der Waals surface area (Å²) in [5, 5.41) is 3.71. The van der Waals surface area contributed by atoms with Gasteiger partial charge in [-0.2, -0.15) is 0 Å². The van der Waals surface area contributed by atoms with E-state index in [0.717, 1.165) is 23.2 Å². The van der Waals surface area contributed by atoms with Crippen LogP contribution in [0.15, 0.2) is 22.7 Å². The van der Waals surface area contributed by atoms with E-state index in [2.05, 4.69) is 28.2 Å². The number of carbonyl (C=O) groups excluding carboxylic acids is 1. The Hall–Kier alpha value is -0.540. The predicted octanol–water partition coefficient (Wildman–Crippen LogP) is 5.19. The lowest BCUT2D eigenvalue weighted by molar-refractivity contribution is 0.0921. The normalized spacial score (nSPS) is 22.6. The third-order valence-electron chi connectivity index (χ3n) is 4.06. The quantitative estimate of drug-likeness (QED) is 0.788. The second-order valence-electron chi connectivity index (χ2n) is 5.61. The van der Waals surface area contributed by atoms with Crippen LogP contribution in [0.1, 0.15) is 55.8 Å². The van der Waals surface area contributed by atoms with Gasteiger partial charge in [0.25, 0.3) is 5.91 Å². The molecule has 0 atom stereocenters. The molecule has 1 amide bonds. The summed E-state index contributed by atoms with van der Waals surface area (Å²) in [7, 11) is 0. The molecule has 110 valence electrons. The average molecular weight is 359 g/mol. The van der Waals surface area contributed by atoms with Crippen LogP contribution in [0.5, 0.6) is 0 Å². The topological polar surface area (TPSA) is 29.1 Å². The van der Waals surface area contributed by atoms with E-state index in [1.807, 2.05) is 6.07 Å². The van der Waals surface area contributed by atoms with Crippen LogP contribution in [0.3, 0.4) is 0 Å². The van der Waals surface area contributed by atoms with Crippen molar-refractivity contribution in [3.05, 3.63) is 33.3 Å². The third kappa shape index (κ3) is 4.23. The minimum atomic E-state index is -0.0154. The zero-order chi connectivity index (χ0) is 14.5. The summed E-state index contributed by atoms with van der Waals surface area (Å²) in [6.45, 7) is 2.24. The van der Waals surface area contributed by atoms with Gasteiger partial charge in [-0.3, -0.25) is 4.79 Å². The fraction of sp³-hybridized carbons (Fsp3) is 0.562. The molecule has 0 radical (unpaired) electrons. The van der Waals surface area contributed by atoms with Crippen LogP contribution in [-0.4, -0.2) is 11.9 Å². The molecule has 0 heterocycles. The van der Waals surface area contributed by atoms with Crippen LogP contribution in [0.25, 0.3) is 0 Å². The zero-order valence-electron chi connectivity index (χ0n) is 11.8. The molecule has 1 aromatic rings. The maximum atomic E-state index is 12.2. The highest BCUT2D eigenvalue weighted by molar-refractivity contribution is 9.10. The molecule has 0 unspecified atom stereocenters. The second kappa shape index (κ2) is 7.46. The first-order chi connectivity index (χ1) is 9.60. The molecule has 1 saturated carbocycles. The highest BCUT2D eigenvalue weighted by Crippen LogP contribution is 2.28. The number of benzene rings is 1. The summed E-state index contributed by atoms with van der Waals surface area (Å²) < 4.78 is 0.816. The van der Waals surface area contributed by atoms with Gasteiger partial charge in [-0.25, -0.2) is 0 Å². The largest absolute Gasteiger partial charge is 0.349 e. The Morgan fingerprint density at radius 3 is 2.65 bits per heavy atom. The Morgan fingerprint density at radius 2 is 2.05 bits per heavy atom. The molecule has 1 aromatic carbocycles. The van der Waals surface area contributed by atoms with Crippen LogP contribution < -0.4 is 5.32 Å². The Morgan fingerprint density at radius 1 is 1.35 bits per heavy atom. The summed E-state index contributed by atoms with van der Waals surface area (Å²) in [6.07, 6.45) is 7.25. The third-order valence-corrected chi connectivity index (χ3v) is 5.29. The molecule has 2 rings (SSSR count). The first-order valence-corrected chi connectivity index (χ1v) is 8.53. The van der Waals surface area contributed by atoms with E-state index in [9.17, 15) is 4.79 Å². The molecule has 0 aromatic heterocycles. The van der Waals surface area contributed by atoms with Gasteiger partial charge in [0, 0.05) is 16.1 Å². The average Bonchev–Trinajstić information content (AvgIpc) is 2.44. The number of rotatable bonds is 4. The van der Waals surface area contributed by atoms with E-state index in [-0.39, 0.29) is 5.91 Å². The lowest BCUT2D eigenvalue weighted by atomic mass is 9.83. The molecule has 4 heteroatoms. The van der Waals surface area contributed by atoms with Crippen molar-refractivity contribution in [2.24, 2.45) is 5.92 Å². The first kappa shape index (κ1) is 15.8. The molecule has 0 spiro atoms. The molecular weight excluding hydrogens is 338 g/mol. The van der Waals surface area contributed by atoms with Gasteiger partial charge in [-0.05, 0) is 65.7 Å². The van der Waals surface area contributed by atoms with Gasteiger partial charge in [0.15, 0.2) is 0 Å². The highest BCUT2D eigenvalue weighted by atomic mass is 79.9. The predicted molar refractivity (Wildman–Crippen MR) is 87.3 cm³/mol. The Kier molecular flexibility index (Phi) is 5.91. The molecule has 0 aliphatic heterocycles. The number of amides is 1. The van der Waals surface area contributed by atoms with E-state index in [1.165, 1.54) is 25.7 Å². The van der Waals surface area contributed by atoms with Gasteiger partial charge in [0.1, 0.15) is 0 Å². The number of halogens is 2. The van der Waals surface area contributed by atoms with Crippen molar-refractivity contribution in [1.82, 2.24) is 5.32 Å². The lowest BCUT2D eigenvalue weighted by Crippen LogP contribution is -2.37. The second-order valence-corrected chi connectivity index (χ2v) is 6.87. The lowest BCUT2D eigenvalue weighted by Gasteiger charge is -2.29. The van der Waals surface area contributed by atoms with Crippen LogP contribution >= 0.6 is 27.5 Å². The molecule has 2 nitrogen and oxygen atoms in total. The monoisotopic (exact) mass is 357 g/mol. The van der Waals surface area contributed by atoms with Crippen molar-refractivity contribution in [3.8, 4) is 0 Å². The standard InChI is InChI=1S/C16H21BrClNO/c1-2-3-11-4-7-13(8-5-11)19-16(20)12-6-9-14(17)15(18)10-12/h6,9-11,13H,2-5,7-8H2,1H3,(H,19,20). The fourth-order valence-corrected chi connectivity index (χ4v) is 3.34. The summed E-state index contributed by atoms with van der Waals surface area (Å²) in [5.74, 6) is 0.841. The van der Waals surface area contributed by atoms with E-state index < -0.39 is 0 Å². The van der Waals surface area contributed by atoms with Gasteiger partial charge in [-0.15, -0.1) is 0 Å². The number of carbonyl (C=O) groups is 1. The molecule has 0 bridgehead atoms. The van der Waals surface area contributed by atoms with Crippen LogP contribution in [0.4, 0.5) is 0 Å². The van der Waals surface area contributed by atoms with Gasteiger partial charge in [0.05, 0.1) is 5.02 Å². The highest BCUT2D eigenvalue weighted by Gasteiger charge is 2.22. The maximum Gasteiger partial charge on any atom is 0.251 e. The van der Waals surface area contributed by atoms with Crippen molar-refractivity contribution in [1.29, 1.82) is 0 Å². The Bertz CT molecular complexity index is 470. The summed E-state index contributed by atoms with van der Waals surface area (Å²) >= 11 is 9.36. The molecule has 20 heavy (non-hydrogen) atoms. The summed E-state index contributed by atoms with van der Waals surface area (Å²) in [6, 6.07) is 5.64. The van der Waals surface area contributed by atoms with E-state index in [4.69, 9.17) is 11.6 Å². The van der Waals surface area contributed by atoms with Crippen molar-refractivity contribution in [2.45, 2.75) is 51.5 Å². The van der Waals surface area contributed by atoms with Gasteiger partial charge in [-0.1, -0.05) is 31.4 Å². The van der Waals surface area contributed by atoms with E-state index in [1.54, 1.807) is 12.1 Å². The SMILES string of the molecule is CCCC1CCC(NC(=O)c2ccc(Br)c(Cl)c2)CC1. The smallest absolute Gasteiger partial charge is 0.251 e. The first-order valence-electron chi connectivity index (χ1n) is 7.36. The molecular formula is C16H21BrClNO. The van der Waals surface area contributed by atoms with Gasteiger partial charge >= 0.3 is 0 Å². The summed E-state index contributed by atoms with van der Waals surface area (Å²) in [4.78, 5) is 12.2.